The Labute approximate surface area is 141 Å². The monoisotopic (exact) mass is 322 g/mol. The summed E-state index contributed by atoms with van der Waals surface area (Å²) in [6, 6.07) is 0. The number of carbonyl (C=O) groups is 3. The van der Waals surface area contributed by atoms with E-state index >= 15 is 0 Å². The van der Waals surface area contributed by atoms with Crippen molar-refractivity contribution in [1.29, 1.82) is 0 Å². The van der Waals surface area contributed by atoms with Crippen LogP contribution in [0.1, 0.15) is 38.5 Å². The molecule has 10 atom stereocenters. The van der Waals surface area contributed by atoms with Crippen LogP contribution in [0, 0.1) is 59.2 Å². The Hall–Kier alpha value is -1.25. The van der Waals surface area contributed by atoms with Crippen molar-refractivity contribution in [2.45, 2.75) is 38.5 Å². The predicted molar refractivity (Wildman–Crippen MR) is 84.6 cm³/mol. The van der Waals surface area contributed by atoms with E-state index in [9.17, 15) is 14.4 Å². The molecule has 0 aromatic carbocycles. The van der Waals surface area contributed by atoms with Gasteiger partial charge in [-0.25, -0.2) is 0 Å². The van der Waals surface area contributed by atoms with Gasteiger partial charge in [-0.2, -0.15) is 0 Å². The zero-order valence-corrected chi connectivity index (χ0v) is 13.7. The fourth-order valence-electron chi connectivity index (χ4n) is 9.01. The van der Waals surface area contributed by atoms with Gasteiger partial charge in [0.15, 0.2) is 0 Å². The Balaban J connectivity index is 1.34. The fraction of sp³-hybridized carbons (Fsp3) is 0.762. The SMILES string of the molecule is O=C1CC(=O)C2C3CC(C12)C1C2CC(C4C(=C5CC5)CC(=O)C24)C31. The summed E-state index contributed by atoms with van der Waals surface area (Å²) in [6.45, 7) is 0. The summed E-state index contributed by atoms with van der Waals surface area (Å²) in [7, 11) is 0. The molecule has 7 aliphatic rings. The number of ketones is 3. The van der Waals surface area contributed by atoms with Gasteiger partial charge in [0.05, 0.1) is 6.42 Å². The Bertz CT molecular complexity index is 770. The summed E-state index contributed by atoms with van der Waals surface area (Å²) in [5.74, 6) is 5.24. The average molecular weight is 322 g/mol. The van der Waals surface area contributed by atoms with E-state index in [4.69, 9.17) is 0 Å². The van der Waals surface area contributed by atoms with Gasteiger partial charge in [-0.1, -0.05) is 11.1 Å². The second-order valence-corrected chi connectivity index (χ2v) is 9.77. The molecule has 0 radical (unpaired) electrons. The quantitative estimate of drug-likeness (QED) is 0.391. The maximum absolute atomic E-state index is 12.8. The second-order valence-electron chi connectivity index (χ2n) is 9.77. The van der Waals surface area contributed by atoms with Gasteiger partial charge in [0.2, 0.25) is 0 Å². The second kappa shape index (κ2) is 3.78. The maximum Gasteiger partial charge on any atom is 0.144 e. The molecule has 0 heterocycles. The molecule has 7 saturated carbocycles. The van der Waals surface area contributed by atoms with Crippen molar-refractivity contribution in [3.05, 3.63) is 11.1 Å². The molecule has 0 saturated heterocycles. The minimum atomic E-state index is 0.0410. The van der Waals surface area contributed by atoms with Crippen LogP contribution in [0.3, 0.4) is 0 Å². The highest BCUT2D eigenvalue weighted by Gasteiger charge is 2.74. The van der Waals surface area contributed by atoms with Crippen molar-refractivity contribution >= 4 is 17.3 Å². The number of rotatable bonds is 0. The highest BCUT2D eigenvalue weighted by Crippen LogP contribution is 2.76. The fourth-order valence-corrected chi connectivity index (χ4v) is 9.01. The number of Topliss-reactive ketones (excluding diaryl/α,β-unsaturated/α-hetero) is 3. The smallest absolute Gasteiger partial charge is 0.144 e. The van der Waals surface area contributed by atoms with E-state index in [-0.39, 0.29) is 35.7 Å². The van der Waals surface area contributed by atoms with Crippen molar-refractivity contribution in [2.24, 2.45) is 59.2 Å². The molecule has 3 nitrogen and oxygen atoms in total. The van der Waals surface area contributed by atoms with Crippen molar-refractivity contribution in [1.82, 2.24) is 0 Å². The van der Waals surface area contributed by atoms with Crippen molar-refractivity contribution in [3.63, 3.8) is 0 Å². The third kappa shape index (κ3) is 1.21. The van der Waals surface area contributed by atoms with Gasteiger partial charge >= 0.3 is 0 Å². The molecular weight excluding hydrogens is 300 g/mol. The first kappa shape index (κ1) is 13.0. The van der Waals surface area contributed by atoms with E-state index in [1.165, 1.54) is 24.8 Å². The summed E-state index contributed by atoms with van der Waals surface area (Å²) in [5, 5.41) is 0. The summed E-state index contributed by atoms with van der Waals surface area (Å²) in [5.41, 5.74) is 3.12. The average Bonchev–Trinajstić information content (AvgIpc) is 2.97. The summed E-state index contributed by atoms with van der Waals surface area (Å²) >= 11 is 0. The first-order chi connectivity index (χ1) is 11.6. The van der Waals surface area contributed by atoms with Crippen molar-refractivity contribution in [3.8, 4) is 0 Å². The van der Waals surface area contributed by atoms with Crippen LogP contribution < -0.4 is 0 Å². The van der Waals surface area contributed by atoms with E-state index < -0.39 is 0 Å². The van der Waals surface area contributed by atoms with E-state index in [1.807, 2.05) is 0 Å². The number of fused-ring (bicyclic) bond motifs is 15. The molecule has 0 aliphatic heterocycles. The van der Waals surface area contributed by atoms with Crippen molar-refractivity contribution in [2.75, 3.05) is 0 Å². The van der Waals surface area contributed by atoms with Gasteiger partial charge in [-0.15, -0.1) is 0 Å². The molecule has 0 aromatic heterocycles. The van der Waals surface area contributed by atoms with Gasteiger partial charge in [-0.3, -0.25) is 14.4 Å². The molecule has 24 heavy (non-hydrogen) atoms. The van der Waals surface area contributed by atoms with Crippen LogP contribution in [0.15, 0.2) is 11.1 Å². The molecule has 4 bridgehead atoms. The lowest BCUT2D eigenvalue weighted by atomic mass is 9.59. The van der Waals surface area contributed by atoms with Crippen LogP contribution in [-0.2, 0) is 14.4 Å². The molecule has 3 heteroatoms. The molecule has 0 spiro atoms. The highest BCUT2D eigenvalue weighted by atomic mass is 16.2. The van der Waals surface area contributed by atoms with Gasteiger partial charge in [0.25, 0.3) is 0 Å². The number of carbonyl (C=O) groups excluding carboxylic acids is 3. The molecule has 10 unspecified atom stereocenters. The molecule has 7 rings (SSSR count). The summed E-state index contributed by atoms with van der Waals surface area (Å²) in [6.07, 6.45) is 5.70. The first-order valence-electron chi connectivity index (χ1n) is 9.94. The Morgan fingerprint density at radius 2 is 1.04 bits per heavy atom. The topological polar surface area (TPSA) is 51.2 Å². The largest absolute Gasteiger partial charge is 0.299 e. The Morgan fingerprint density at radius 1 is 0.583 bits per heavy atom. The van der Waals surface area contributed by atoms with E-state index in [1.54, 1.807) is 5.57 Å². The molecule has 0 amide bonds. The normalized spacial score (nSPS) is 58.8. The van der Waals surface area contributed by atoms with Crippen LogP contribution in [-0.4, -0.2) is 17.3 Å². The first-order valence-corrected chi connectivity index (χ1v) is 9.94. The minimum Gasteiger partial charge on any atom is -0.299 e. The van der Waals surface area contributed by atoms with Gasteiger partial charge in [-0.05, 0) is 67.1 Å². The standard InChI is InChI=1S/C21H22O3/c22-13-5-8(7-1-2-7)16-9-3-10(19(13)16)18-12-4-11(17(9)18)20-14(23)6-15(24)21(12)20/h9-12,16-21H,1-6H2. The lowest BCUT2D eigenvalue weighted by Crippen LogP contribution is -2.44. The Morgan fingerprint density at radius 3 is 1.58 bits per heavy atom. The van der Waals surface area contributed by atoms with Gasteiger partial charge in [0, 0.05) is 24.2 Å². The molecule has 0 aromatic rings. The molecule has 7 fully saturated rings. The number of hydrogen-bond donors (Lipinski definition) is 0. The van der Waals surface area contributed by atoms with Crippen LogP contribution in [0.5, 0.6) is 0 Å². The van der Waals surface area contributed by atoms with Crippen molar-refractivity contribution < 1.29 is 14.4 Å². The predicted octanol–water partition coefficient (Wildman–Crippen LogP) is 2.59. The minimum absolute atomic E-state index is 0.0410. The summed E-state index contributed by atoms with van der Waals surface area (Å²) < 4.78 is 0. The van der Waals surface area contributed by atoms with E-state index in [0.717, 1.165) is 12.8 Å². The van der Waals surface area contributed by atoms with Gasteiger partial charge in [0.1, 0.15) is 17.3 Å². The summed E-state index contributed by atoms with van der Waals surface area (Å²) in [4.78, 5) is 37.6. The third-order valence-electron chi connectivity index (χ3n) is 9.31. The van der Waals surface area contributed by atoms with E-state index in [2.05, 4.69) is 0 Å². The lowest BCUT2D eigenvalue weighted by Gasteiger charge is -2.43. The number of allylic oxidation sites excluding steroid dienone is 2. The number of hydrogen-bond acceptors (Lipinski definition) is 3. The molecule has 124 valence electrons. The molecule has 0 N–H and O–H groups in total. The molecule has 7 aliphatic carbocycles. The molecular formula is C21H22O3. The zero-order chi connectivity index (χ0) is 15.9. The highest BCUT2D eigenvalue weighted by molar-refractivity contribution is 6.09. The van der Waals surface area contributed by atoms with Crippen LogP contribution in [0.2, 0.25) is 0 Å². The Kier molecular flexibility index (Phi) is 2.05. The van der Waals surface area contributed by atoms with Crippen LogP contribution in [0.4, 0.5) is 0 Å². The van der Waals surface area contributed by atoms with Crippen LogP contribution >= 0.6 is 0 Å². The zero-order valence-electron chi connectivity index (χ0n) is 13.7. The maximum atomic E-state index is 12.8. The van der Waals surface area contributed by atoms with Crippen LogP contribution in [0.25, 0.3) is 0 Å². The van der Waals surface area contributed by atoms with E-state index in [0.29, 0.717) is 47.2 Å². The van der Waals surface area contributed by atoms with Gasteiger partial charge < -0.3 is 0 Å². The lowest BCUT2D eigenvalue weighted by molar-refractivity contribution is -0.128. The third-order valence-corrected chi connectivity index (χ3v) is 9.31.